The Kier molecular flexibility index (Phi) is 5.45. The summed E-state index contributed by atoms with van der Waals surface area (Å²) in [4.78, 5) is 31.2. The van der Waals surface area contributed by atoms with Crippen molar-refractivity contribution in [3.05, 3.63) is 83.0 Å². The van der Waals surface area contributed by atoms with Crippen LogP contribution in [0.25, 0.3) is 22.0 Å². The molecule has 4 N–H and O–H groups in total. The van der Waals surface area contributed by atoms with Crippen molar-refractivity contribution in [2.75, 3.05) is 5.32 Å². The first-order valence-corrected chi connectivity index (χ1v) is 10.3. The van der Waals surface area contributed by atoms with Crippen LogP contribution in [-0.2, 0) is 17.6 Å². The second-order valence-electron chi connectivity index (χ2n) is 6.79. The first-order valence-electron chi connectivity index (χ1n) is 9.42. The lowest BCUT2D eigenvalue weighted by Gasteiger charge is -2.14. The number of H-pyrrole nitrogens is 1. The number of nitrogens with one attached hydrogen (secondary N) is 2. The first-order chi connectivity index (χ1) is 14.6. The topological polar surface area (TPSA) is 101 Å². The number of benzene rings is 2. The van der Waals surface area contributed by atoms with E-state index < -0.39 is 5.91 Å². The molecular formula is C23H20N4O2S. The Morgan fingerprint density at radius 2 is 2.00 bits per heavy atom. The van der Waals surface area contributed by atoms with Crippen LogP contribution in [0.5, 0.6) is 0 Å². The monoisotopic (exact) mass is 416 g/mol. The number of carbonyl (C=O) groups excluding carboxylic acids is 2. The van der Waals surface area contributed by atoms with Crippen molar-refractivity contribution in [2.45, 2.75) is 12.8 Å². The maximum Gasteiger partial charge on any atom is 0.250 e. The van der Waals surface area contributed by atoms with Gasteiger partial charge in [0.1, 0.15) is 0 Å². The van der Waals surface area contributed by atoms with Gasteiger partial charge in [0, 0.05) is 40.8 Å². The minimum atomic E-state index is -0.494. The molecule has 2 heterocycles. The van der Waals surface area contributed by atoms with Gasteiger partial charge in [0.2, 0.25) is 5.91 Å². The third-order valence-corrected chi connectivity index (χ3v) is 5.76. The summed E-state index contributed by atoms with van der Waals surface area (Å²) in [5.74, 6) is -0.779. The van der Waals surface area contributed by atoms with Gasteiger partial charge < -0.3 is 16.0 Å². The van der Waals surface area contributed by atoms with Crippen molar-refractivity contribution in [1.82, 2.24) is 9.97 Å². The molecule has 0 aliphatic rings. The average molecular weight is 417 g/mol. The lowest BCUT2D eigenvalue weighted by Crippen LogP contribution is -2.12. The largest absolute Gasteiger partial charge is 0.366 e. The number of nitrogens with two attached hydrogens (primary N) is 1. The lowest BCUT2D eigenvalue weighted by molar-refractivity contribution is -0.111. The van der Waals surface area contributed by atoms with Gasteiger partial charge in [-0.1, -0.05) is 24.8 Å². The van der Waals surface area contributed by atoms with Gasteiger partial charge in [-0.15, -0.1) is 11.3 Å². The molecule has 0 aliphatic carbocycles. The number of anilines is 1. The zero-order valence-corrected chi connectivity index (χ0v) is 17.0. The number of aromatic nitrogens is 2. The van der Waals surface area contributed by atoms with Crippen molar-refractivity contribution in [3.8, 4) is 11.1 Å². The zero-order valence-electron chi connectivity index (χ0n) is 16.1. The molecule has 0 atom stereocenters. The van der Waals surface area contributed by atoms with E-state index in [4.69, 9.17) is 5.73 Å². The van der Waals surface area contributed by atoms with Crippen molar-refractivity contribution < 1.29 is 9.59 Å². The van der Waals surface area contributed by atoms with Crippen molar-refractivity contribution >= 4 is 39.7 Å². The van der Waals surface area contributed by atoms with Gasteiger partial charge in [-0.25, -0.2) is 4.98 Å². The minimum Gasteiger partial charge on any atom is -0.366 e. The Labute approximate surface area is 177 Å². The number of aryl methyl sites for hydroxylation is 2. The molecular weight excluding hydrogens is 396 g/mol. The summed E-state index contributed by atoms with van der Waals surface area (Å²) >= 11 is 1.63. The Bertz CT molecular complexity index is 1240. The minimum absolute atomic E-state index is 0.285. The van der Waals surface area contributed by atoms with Crippen LogP contribution >= 0.6 is 11.3 Å². The van der Waals surface area contributed by atoms with Gasteiger partial charge in [0.05, 0.1) is 16.1 Å². The predicted molar refractivity (Wildman–Crippen MR) is 121 cm³/mol. The Hall–Kier alpha value is -3.71. The molecule has 0 saturated carbocycles. The van der Waals surface area contributed by atoms with Gasteiger partial charge in [0.15, 0.2) is 0 Å². The molecule has 2 aromatic carbocycles. The SMILES string of the molecule is C=CC(=O)Nc1cc(CCc2nccs2)ccc1-c1ccc(C(N)=O)c2[nH]ccc12. The molecule has 0 fully saturated rings. The van der Waals surface area contributed by atoms with Crippen molar-refractivity contribution in [1.29, 1.82) is 0 Å². The summed E-state index contributed by atoms with van der Waals surface area (Å²) in [6.45, 7) is 3.55. The number of nitrogens with zero attached hydrogens (tertiary/aromatic N) is 1. The van der Waals surface area contributed by atoms with Crippen molar-refractivity contribution in [3.63, 3.8) is 0 Å². The fourth-order valence-electron chi connectivity index (χ4n) is 3.49. The number of aromatic amines is 1. The molecule has 0 unspecified atom stereocenters. The highest BCUT2D eigenvalue weighted by Gasteiger charge is 2.15. The quantitative estimate of drug-likeness (QED) is 0.392. The van der Waals surface area contributed by atoms with E-state index in [1.54, 1.807) is 29.8 Å². The van der Waals surface area contributed by atoms with Gasteiger partial charge in [-0.3, -0.25) is 9.59 Å². The van der Waals surface area contributed by atoms with E-state index in [0.29, 0.717) is 16.8 Å². The van der Waals surface area contributed by atoms with Gasteiger partial charge in [0.25, 0.3) is 5.91 Å². The lowest BCUT2D eigenvalue weighted by atomic mass is 9.95. The van der Waals surface area contributed by atoms with Crippen LogP contribution in [0, 0.1) is 0 Å². The molecule has 0 radical (unpaired) electrons. The Balaban J connectivity index is 1.77. The van der Waals surface area contributed by atoms with Crippen LogP contribution in [0.2, 0.25) is 0 Å². The highest BCUT2D eigenvalue weighted by Crippen LogP contribution is 2.35. The summed E-state index contributed by atoms with van der Waals surface area (Å²) < 4.78 is 0. The molecule has 30 heavy (non-hydrogen) atoms. The zero-order chi connectivity index (χ0) is 21.1. The van der Waals surface area contributed by atoms with Crippen LogP contribution < -0.4 is 11.1 Å². The molecule has 4 aromatic rings. The second-order valence-corrected chi connectivity index (χ2v) is 7.77. The number of thiazole rings is 1. The molecule has 6 nitrogen and oxygen atoms in total. The van der Waals surface area contributed by atoms with E-state index in [0.717, 1.165) is 39.9 Å². The van der Waals surface area contributed by atoms with E-state index in [-0.39, 0.29) is 5.91 Å². The number of fused-ring (bicyclic) bond motifs is 1. The summed E-state index contributed by atoms with van der Waals surface area (Å²) in [5.41, 5.74) is 10.1. The summed E-state index contributed by atoms with van der Waals surface area (Å²) in [5, 5.41) is 6.81. The third-order valence-electron chi connectivity index (χ3n) is 4.92. The number of hydrogen-bond donors (Lipinski definition) is 3. The molecule has 2 amide bonds. The van der Waals surface area contributed by atoms with E-state index in [2.05, 4.69) is 21.9 Å². The normalized spacial score (nSPS) is 10.8. The standard InChI is InChI=1S/C23H20N4O2S/c1-2-20(28)27-19-13-14(4-8-21-25-11-12-30-21)3-5-16(19)15-6-7-18(23(24)29)22-17(15)9-10-26-22/h2-3,5-7,9-13,26H,1,4,8H2,(H2,24,29)(H,27,28). The fourth-order valence-corrected chi connectivity index (χ4v) is 4.11. The molecule has 7 heteroatoms. The number of hydrogen-bond acceptors (Lipinski definition) is 4. The fraction of sp³-hybridized carbons (Fsp3) is 0.0870. The Morgan fingerprint density at radius 3 is 2.73 bits per heavy atom. The van der Waals surface area contributed by atoms with E-state index >= 15 is 0 Å². The number of amides is 2. The molecule has 2 aromatic heterocycles. The number of carbonyl (C=O) groups is 2. The maximum absolute atomic E-state index is 12.1. The molecule has 0 saturated heterocycles. The van der Waals surface area contributed by atoms with Gasteiger partial charge in [-0.05, 0) is 41.8 Å². The smallest absolute Gasteiger partial charge is 0.250 e. The van der Waals surface area contributed by atoms with Crippen LogP contribution in [0.1, 0.15) is 20.9 Å². The second kappa shape index (κ2) is 8.34. The summed E-state index contributed by atoms with van der Waals surface area (Å²) in [6, 6.07) is 11.5. The van der Waals surface area contributed by atoms with Crippen LogP contribution in [-0.4, -0.2) is 21.8 Å². The molecule has 0 spiro atoms. The number of primary amides is 1. The molecule has 4 rings (SSSR count). The van der Waals surface area contributed by atoms with Crippen LogP contribution in [0.15, 0.2) is 66.8 Å². The summed E-state index contributed by atoms with van der Waals surface area (Å²) in [7, 11) is 0. The molecule has 0 bridgehead atoms. The van der Waals surface area contributed by atoms with E-state index in [9.17, 15) is 9.59 Å². The maximum atomic E-state index is 12.1. The molecule has 0 aliphatic heterocycles. The molecule has 150 valence electrons. The summed E-state index contributed by atoms with van der Waals surface area (Å²) in [6.07, 6.45) is 6.46. The van der Waals surface area contributed by atoms with Gasteiger partial charge >= 0.3 is 0 Å². The van der Waals surface area contributed by atoms with E-state index in [1.165, 1.54) is 6.08 Å². The first kappa shape index (κ1) is 19.6. The van der Waals surface area contributed by atoms with Crippen molar-refractivity contribution in [2.24, 2.45) is 5.73 Å². The van der Waals surface area contributed by atoms with Gasteiger partial charge in [-0.2, -0.15) is 0 Å². The number of rotatable bonds is 7. The predicted octanol–water partition coefficient (Wildman–Crippen LogP) is 4.30. The third kappa shape index (κ3) is 3.88. The Morgan fingerprint density at radius 1 is 1.17 bits per heavy atom. The highest BCUT2D eigenvalue weighted by molar-refractivity contribution is 7.09. The average Bonchev–Trinajstić information content (AvgIpc) is 3.43. The van der Waals surface area contributed by atoms with Crippen LogP contribution in [0.4, 0.5) is 5.69 Å². The van der Waals surface area contributed by atoms with E-state index in [1.807, 2.05) is 35.7 Å². The highest BCUT2D eigenvalue weighted by atomic mass is 32.1. The van der Waals surface area contributed by atoms with Crippen LogP contribution in [0.3, 0.4) is 0 Å².